The maximum absolute atomic E-state index is 10.6. The number of nitrogens with one attached hydrogen (secondary N) is 1. The molecule has 18 heavy (non-hydrogen) atoms. The van der Waals surface area contributed by atoms with Gasteiger partial charge in [0.15, 0.2) is 0 Å². The first-order valence-electron chi connectivity index (χ1n) is 6.36. The molecule has 1 aliphatic carbocycles. The Labute approximate surface area is 118 Å². The van der Waals surface area contributed by atoms with E-state index in [0.717, 1.165) is 31.2 Å². The molecule has 1 saturated carbocycles. The minimum Gasteiger partial charge on any atom is -0.390 e. The van der Waals surface area contributed by atoms with Crippen LogP contribution in [0, 0.1) is 0 Å². The molecule has 1 aliphatic rings. The van der Waals surface area contributed by atoms with Crippen molar-refractivity contribution in [2.45, 2.75) is 43.7 Å². The Bertz CT molecular complexity index is 414. The summed E-state index contributed by atoms with van der Waals surface area (Å²) in [5, 5.41) is 15.2. The van der Waals surface area contributed by atoms with Gasteiger partial charge in [-0.1, -0.05) is 23.2 Å². The number of halogens is 2. The Hall–Kier alpha value is -0.280. The maximum atomic E-state index is 10.6. The summed E-state index contributed by atoms with van der Waals surface area (Å²) >= 11 is 12.1. The molecule has 100 valence electrons. The summed E-state index contributed by atoms with van der Waals surface area (Å²) in [6.45, 7) is 0. The molecule has 0 spiro atoms. The van der Waals surface area contributed by atoms with Gasteiger partial charge in [-0.2, -0.15) is 0 Å². The van der Waals surface area contributed by atoms with Crippen molar-refractivity contribution in [3.8, 4) is 0 Å². The van der Waals surface area contributed by atoms with E-state index in [4.69, 9.17) is 23.2 Å². The zero-order valence-electron chi connectivity index (χ0n) is 10.5. The Kier molecular flexibility index (Phi) is 4.54. The number of benzene rings is 1. The quantitative estimate of drug-likeness (QED) is 0.893. The Balaban J connectivity index is 2.06. The summed E-state index contributed by atoms with van der Waals surface area (Å²) in [5.41, 5.74) is 0.302. The molecule has 0 heterocycles. The van der Waals surface area contributed by atoms with E-state index in [1.165, 1.54) is 0 Å². The second-order valence-corrected chi connectivity index (χ2v) is 6.04. The number of hydrogen-bond acceptors (Lipinski definition) is 2. The molecule has 2 rings (SSSR count). The molecule has 1 fully saturated rings. The van der Waals surface area contributed by atoms with Gasteiger partial charge in [0.1, 0.15) is 0 Å². The van der Waals surface area contributed by atoms with Crippen LogP contribution in [0.4, 0.5) is 0 Å². The van der Waals surface area contributed by atoms with E-state index in [0.29, 0.717) is 22.5 Å². The zero-order valence-corrected chi connectivity index (χ0v) is 12.1. The number of hydrogen-bond donors (Lipinski definition) is 2. The Morgan fingerprint density at radius 3 is 2.61 bits per heavy atom. The van der Waals surface area contributed by atoms with Gasteiger partial charge in [0.25, 0.3) is 0 Å². The van der Waals surface area contributed by atoms with Gasteiger partial charge in [0.05, 0.1) is 5.60 Å². The van der Waals surface area contributed by atoms with Crippen LogP contribution in [0.2, 0.25) is 10.0 Å². The van der Waals surface area contributed by atoms with Gasteiger partial charge in [-0.05, 0) is 56.5 Å². The lowest BCUT2D eigenvalue weighted by Crippen LogP contribution is -2.41. The van der Waals surface area contributed by atoms with Crippen LogP contribution >= 0.6 is 23.2 Å². The first kappa shape index (κ1) is 14.1. The third-order valence-corrected chi connectivity index (χ3v) is 4.46. The van der Waals surface area contributed by atoms with Crippen molar-refractivity contribution in [3.63, 3.8) is 0 Å². The van der Waals surface area contributed by atoms with Crippen LogP contribution in [-0.2, 0) is 6.42 Å². The van der Waals surface area contributed by atoms with E-state index in [2.05, 4.69) is 5.32 Å². The predicted octanol–water partition coefficient (Wildman–Crippen LogP) is 3.43. The van der Waals surface area contributed by atoms with Gasteiger partial charge < -0.3 is 10.4 Å². The average Bonchev–Trinajstić information content (AvgIpc) is 2.35. The highest BCUT2D eigenvalue weighted by Crippen LogP contribution is 2.33. The highest BCUT2D eigenvalue weighted by molar-refractivity contribution is 6.33. The molecule has 0 saturated heterocycles. The topological polar surface area (TPSA) is 32.3 Å². The summed E-state index contributed by atoms with van der Waals surface area (Å²) in [5.74, 6) is 0. The van der Waals surface area contributed by atoms with E-state index in [-0.39, 0.29) is 0 Å². The second kappa shape index (κ2) is 5.79. The van der Waals surface area contributed by atoms with Crippen molar-refractivity contribution in [2.24, 2.45) is 0 Å². The molecule has 0 aliphatic heterocycles. The van der Waals surface area contributed by atoms with Crippen LogP contribution in [0.1, 0.15) is 31.2 Å². The summed E-state index contributed by atoms with van der Waals surface area (Å²) in [7, 11) is 1.98. The van der Waals surface area contributed by atoms with Gasteiger partial charge in [0.2, 0.25) is 0 Å². The first-order chi connectivity index (χ1) is 8.52. The van der Waals surface area contributed by atoms with Crippen LogP contribution in [0.3, 0.4) is 0 Å². The molecule has 4 heteroatoms. The van der Waals surface area contributed by atoms with Crippen molar-refractivity contribution < 1.29 is 5.11 Å². The standard InChI is InChI=1S/C14H19Cl2NO/c1-17-12-4-6-14(18,7-5-12)9-10-8-11(15)2-3-13(10)16/h2-3,8,12,17-18H,4-7,9H2,1H3. The van der Waals surface area contributed by atoms with Gasteiger partial charge >= 0.3 is 0 Å². The molecule has 0 unspecified atom stereocenters. The van der Waals surface area contributed by atoms with Crippen molar-refractivity contribution in [1.82, 2.24) is 5.32 Å². The maximum Gasteiger partial charge on any atom is 0.0689 e. The second-order valence-electron chi connectivity index (χ2n) is 5.20. The molecule has 1 aromatic rings. The number of aliphatic hydroxyl groups is 1. The van der Waals surface area contributed by atoms with Crippen LogP contribution < -0.4 is 5.32 Å². The van der Waals surface area contributed by atoms with E-state index in [1.807, 2.05) is 13.1 Å². The summed E-state index contributed by atoms with van der Waals surface area (Å²) < 4.78 is 0. The van der Waals surface area contributed by atoms with Crippen molar-refractivity contribution >= 4 is 23.2 Å². The summed E-state index contributed by atoms with van der Waals surface area (Å²) in [6, 6.07) is 5.95. The molecule has 0 atom stereocenters. The van der Waals surface area contributed by atoms with Gasteiger partial charge in [0, 0.05) is 22.5 Å². The molecule has 2 N–H and O–H groups in total. The fourth-order valence-electron chi connectivity index (χ4n) is 2.65. The Morgan fingerprint density at radius 2 is 2.00 bits per heavy atom. The summed E-state index contributed by atoms with van der Waals surface area (Å²) in [4.78, 5) is 0. The smallest absolute Gasteiger partial charge is 0.0689 e. The minimum absolute atomic E-state index is 0.528. The normalized spacial score (nSPS) is 28.3. The predicted molar refractivity (Wildman–Crippen MR) is 76.4 cm³/mol. The molecular weight excluding hydrogens is 269 g/mol. The molecule has 1 aromatic carbocycles. The third kappa shape index (κ3) is 3.39. The number of rotatable bonds is 3. The van der Waals surface area contributed by atoms with Crippen molar-refractivity contribution in [1.29, 1.82) is 0 Å². The highest BCUT2D eigenvalue weighted by atomic mass is 35.5. The largest absolute Gasteiger partial charge is 0.390 e. The van der Waals surface area contributed by atoms with Gasteiger partial charge in [-0.3, -0.25) is 0 Å². The monoisotopic (exact) mass is 287 g/mol. The van der Waals surface area contributed by atoms with E-state index in [1.54, 1.807) is 12.1 Å². The third-order valence-electron chi connectivity index (χ3n) is 3.85. The van der Waals surface area contributed by atoms with Crippen LogP contribution in [0.5, 0.6) is 0 Å². The average molecular weight is 288 g/mol. The molecule has 0 bridgehead atoms. The molecule has 0 amide bonds. The first-order valence-corrected chi connectivity index (χ1v) is 7.11. The van der Waals surface area contributed by atoms with Gasteiger partial charge in [-0.15, -0.1) is 0 Å². The Morgan fingerprint density at radius 1 is 1.33 bits per heavy atom. The molecule has 0 radical (unpaired) electrons. The minimum atomic E-state index is -0.637. The van der Waals surface area contributed by atoms with Crippen molar-refractivity contribution in [3.05, 3.63) is 33.8 Å². The van der Waals surface area contributed by atoms with E-state index >= 15 is 0 Å². The van der Waals surface area contributed by atoms with Crippen LogP contribution in [-0.4, -0.2) is 23.8 Å². The van der Waals surface area contributed by atoms with Gasteiger partial charge in [-0.25, -0.2) is 0 Å². The highest BCUT2D eigenvalue weighted by Gasteiger charge is 2.33. The molecular formula is C14H19Cl2NO. The SMILES string of the molecule is CNC1CCC(O)(Cc2cc(Cl)ccc2Cl)CC1. The van der Waals surface area contributed by atoms with Crippen LogP contribution in [0.25, 0.3) is 0 Å². The van der Waals surface area contributed by atoms with E-state index < -0.39 is 5.60 Å². The fraction of sp³-hybridized carbons (Fsp3) is 0.571. The van der Waals surface area contributed by atoms with Crippen LogP contribution in [0.15, 0.2) is 18.2 Å². The molecule has 0 aromatic heterocycles. The van der Waals surface area contributed by atoms with E-state index in [9.17, 15) is 5.11 Å². The zero-order chi connectivity index (χ0) is 13.2. The van der Waals surface area contributed by atoms with Crippen molar-refractivity contribution in [2.75, 3.05) is 7.05 Å². The lowest BCUT2D eigenvalue weighted by molar-refractivity contribution is -0.00240. The summed E-state index contributed by atoms with van der Waals surface area (Å²) in [6.07, 6.45) is 4.21. The lowest BCUT2D eigenvalue weighted by atomic mass is 9.78. The fourth-order valence-corrected chi connectivity index (χ4v) is 3.03. The lowest BCUT2D eigenvalue weighted by Gasteiger charge is -2.36. The molecule has 2 nitrogen and oxygen atoms in total.